The second-order valence-electron chi connectivity index (χ2n) is 4.74. The largest absolute Gasteiger partial charge is 0.293 e. The van der Waals surface area contributed by atoms with Gasteiger partial charge in [0.2, 0.25) is 10.0 Å². The Hall–Kier alpha value is -1.86. The summed E-state index contributed by atoms with van der Waals surface area (Å²) >= 11 is 1.39. The van der Waals surface area contributed by atoms with Crippen molar-refractivity contribution in [3.63, 3.8) is 0 Å². The van der Waals surface area contributed by atoms with Crippen LogP contribution >= 0.6 is 11.8 Å². The number of carbonyl (C=O) groups is 1. The summed E-state index contributed by atoms with van der Waals surface area (Å²) < 4.78 is 24.6. The fourth-order valence-corrected chi connectivity index (χ4v) is 3.25. The Balaban J connectivity index is 2.06. The van der Waals surface area contributed by atoms with Crippen LogP contribution in [0.2, 0.25) is 0 Å². The molecule has 7 heteroatoms. The van der Waals surface area contributed by atoms with E-state index in [-0.39, 0.29) is 11.0 Å². The summed E-state index contributed by atoms with van der Waals surface area (Å²) in [6, 6.07) is 11.9. The van der Waals surface area contributed by atoms with E-state index in [0.717, 1.165) is 11.3 Å². The third kappa shape index (κ3) is 4.85. The number of pyridine rings is 1. The predicted molar refractivity (Wildman–Crippen MR) is 88.8 cm³/mol. The lowest BCUT2D eigenvalue weighted by Gasteiger charge is -2.10. The van der Waals surface area contributed by atoms with Crippen LogP contribution in [0.3, 0.4) is 0 Å². The van der Waals surface area contributed by atoms with E-state index in [1.807, 2.05) is 25.1 Å². The van der Waals surface area contributed by atoms with E-state index in [2.05, 4.69) is 9.71 Å². The molecule has 1 N–H and O–H groups in total. The molecule has 1 aromatic heterocycles. The topological polar surface area (TPSA) is 76.1 Å². The van der Waals surface area contributed by atoms with Crippen LogP contribution in [0.5, 0.6) is 0 Å². The van der Waals surface area contributed by atoms with Gasteiger partial charge in [0.1, 0.15) is 0 Å². The number of ketones is 1. The Bertz CT molecular complexity index is 744. The monoisotopic (exact) mass is 336 g/mol. The minimum absolute atomic E-state index is 0.0263. The molecule has 1 unspecified atom stereocenters. The molecule has 5 nitrogen and oxygen atoms in total. The van der Waals surface area contributed by atoms with Crippen molar-refractivity contribution < 1.29 is 13.2 Å². The average molecular weight is 336 g/mol. The van der Waals surface area contributed by atoms with Gasteiger partial charge in [-0.3, -0.25) is 9.52 Å². The Kier molecular flexibility index (Phi) is 5.20. The lowest BCUT2D eigenvalue weighted by molar-refractivity contribution is 0.0994. The number of Topliss-reactive ketones (excluding diaryl/α,β-unsaturated/α-hetero) is 1. The first-order chi connectivity index (χ1) is 10.3. The van der Waals surface area contributed by atoms with Crippen molar-refractivity contribution in [2.75, 3.05) is 11.0 Å². The number of anilines is 1. The number of rotatable bonds is 6. The number of carbonyl (C=O) groups excluding carboxylic acids is 1. The summed E-state index contributed by atoms with van der Waals surface area (Å²) in [7, 11) is -3.31. The Morgan fingerprint density at radius 3 is 2.41 bits per heavy atom. The van der Waals surface area contributed by atoms with Gasteiger partial charge in [0.15, 0.2) is 5.78 Å². The van der Waals surface area contributed by atoms with Crippen LogP contribution in [-0.2, 0) is 10.0 Å². The molecule has 1 atom stereocenters. The first-order valence-electron chi connectivity index (χ1n) is 6.55. The van der Waals surface area contributed by atoms with Crippen molar-refractivity contribution >= 4 is 33.3 Å². The molecular formula is C15H16N2O3S2. The number of thioether (sulfide) groups is 1. The number of hydrogen-bond donors (Lipinski definition) is 1. The standard InChI is InChI=1S/C15H16N2O3S2/c1-11(21-14-5-3-4-10-16-14)15(18)12-6-8-13(9-7-12)17-22(2,19)20/h3-11,17H,1-2H3. The van der Waals surface area contributed by atoms with Crippen molar-refractivity contribution in [1.29, 1.82) is 0 Å². The van der Waals surface area contributed by atoms with Crippen molar-refractivity contribution in [3.05, 3.63) is 54.2 Å². The molecule has 0 bridgehead atoms. The highest BCUT2D eigenvalue weighted by molar-refractivity contribution is 8.00. The molecular weight excluding hydrogens is 320 g/mol. The van der Waals surface area contributed by atoms with Crippen molar-refractivity contribution in [3.8, 4) is 0 Å². The molecule has 1 heterocycles. The van der Waals surface area contributed by atoms with Crippen LogP contribution < -0.4 is 4.72 Å². The van der Waals surface area contributed by atoms with Gasteiger partial charge in [0.25, 0.3) is 0 Å². The lowest BCUT2D eigenvalue weighted by atomic mass is 10.1. The molecule has 0 aliphatic rings. The minimum atomic E-state index is -3.31. The SMILES string of the molecule is CC(Sc1ccccn1)C(=O)c1ccc(NS(C)(=O)=O)cc1. The summed E-state index contributed by atoms with van der Waals surface area (Å²) in [5.74, 6) is -0.0263. The van der Waals surface area contributed by atoms with Crippen LogP contribution in [0, 0.1) is 0 Å². The van der Waals surface area contributed by atoms with E-state index in [0.29, 0.717) is 11.3 Å². The molecule has 0 aliphatic heterocycles. The van der Waals surface area contributed by atoms with Gasteiger partial charge in [-0.2, -0.15) is 0 Å². The molecule has 1 aromatic carbocycles. The molecule has 2 rings (SSSR count). The summed E-state index contributed by atoms with van der Waals surface area (Å²) in [5.41, 5.74) is 0.971. The van der Waals surface area contributed by atoms with Gasteiger partial charge in [0.05, 0.1) is 16.5 Å². The van der Waals surface area contributed by atoms with Gasteiger partial charge in [-0.1, -0.05) is 17.8 Å². The predicted octanol–water partition coefficient (Wildman–Crippen LogP) is 2.82. The minimum Gasteiger partial charge on any atom is -0.293 e. The number of hydrogen-bond acceptors (Lipinski definition) is 5. The number of sulfonamides is 1. The van der Waals surface area contributed by atoms with Crippen LogP contribution in [0.4, 0.5) is 5.69 Å². The molecule has 0 radical (unpaired) electrons. The fourth-order valence-electron chi connectivity index (χ4n) is 1.80. The molecule has 0 spiro atoms. The molecule has 22 heavy (non-hydrogen) atoms. The quantitative estimate of drug-likeness (QED) is 0.648. The maximum absolute atomic E-state index is 12.4. The first kappa shape index (κ1) is 16.5. The molecule has 0 fully saturated rings. The maximum atomic E-state index is 12.4. The van der Waals surface area contributed by atoms with E-state index in [1.54, 1.807) is 30.5 Å². The molecule has 0 saturated heterocycles. The van der Waals surface area contributed by atoms with Gasteiger partial charge in [-0.25, -0.2) is 13.4 Å². The smallest absolute Gasteiger partial charge is 0.229 e. The summed E-state index contributed by atoms with van der Waals surface area (Å²) in [6.45, 7) is 1.82. The van der Waals surface area contributed by atoms with Gasteiger partial charge in [0, 0.05) is 17.4 Å². The second-order valence-corrected chi connectivity index (χ2v) is 7.85. The summed E-state index contributed by atoms with van der Waals surface area (Å²) in [6.07, 6.45) is 2.77. The molecule has 0 amide bonds. The number of aromatic nitrogens is 1. The van der Waals surface area contributed by atoms with Crippen molar-refractivity contribution in [1.82, 2.24) is 4.98 Å². The number of nitrogens with zero attached hydrogens (tertiary/aromatic N) is 1. The van der Waals surface area contributed by atoms with E-state index < -0.39 is 10.0 Å². The van der Waals surface area contributed by atoms with Crippen LogP contribution in [0.1, 0.15) is 17.3 Å². The normalized spacial score (nSPS) is 12.6. The maximum Gasteiger partial charge on any atom is 0.229 e. The average Bonchev–Trinajstić information content (AvgIpc) is 2.46. The number of nitrogens with one attached hydrogen (secondary N) is 1. The zero-order valence-corrected chi connectivity index (χ0v) is 13.8. The second kappa shape index (κ2) is 6.93. The lowest BCUT2D eigenvalue weighted by Crippen LogP contribution is -2.14. The van der Waals surface area contributed by atoms with Gasteiger partial charge in [-0.15, -0.1) is 0 Å². The van der Waals surface area contributed by atoms with Gasteiger partial charge in [-0.05, 0) is 43.3 Å². The Labute approximate surface area is 134 Å². The van der Waals surface area contributed by atoms with Crippen LogP contribution in [0.15, 0.2) is 53.7 Å². The molecule has 0 saturated carbocycles. The number of benzene rings is 1. The van der Waals surface area contributed by atoms with Gasteiger partial charge >= 0.3 is 0 Å². The Morgan fingerprint density at radius 1 is 1.18 bits per heavy atom. The van der Waals surface area contributed by atoms with E-state index >= 15 is 0 Å². The van der Waals surface area contributed by atoms with E-state index in [9.17, 15) is 13.2 Å². The van der Waals surface area contributed by atoms with E-state index in [4.69, 9.17) is 0 Å². The highest BCUT2D eigenvalue weighted by atomic mass is 32.2. The van der Waals surface area contributed by atoms with E-state index in [1.165, 1.54) is 11.8 Å². The van der Waals surface area contributed by atoms with Gasteiger partial charge < -0.3 is 0 Å². The molecule has 2 aromatic rings. The first-order valence-corrected chi connectivity index (χ1v) is 9.32. The molecule has 0 aliphatic carbocycles. The summed E-state index contributed by atoms with van der Waals surface area (Å²) in [4.78, 5) is 16.5. The third-order valence-corrected chi connectivity index (χ3v) is 4.43. The van der Waals surface area contributed by atoms with Crippen molar-refractivity contribution in [2.24, 2.45) is 0 Å². The molecule has 116 valence electrons. The Morgan fingerprint density at radius 2 is 1.86 bits per heavy atom. The van der Waals surface area contributed by atoms with Crippen LogP contribution in [0.25, 0.3) is 0 Å². The summed E-state index contributed by atoms with van der Waals surface area (Å²) in [5, 5.41) is 0.516. The zero-order valence-electron chi connectivity index (χ0n) is 12.2. The third-order valence-electron chi connectivity index (χ3n) is 2.78. The fraction of sp³-hybridized carbons (Fsp3) is 0.200. The van der Waals surface area contributed by atoms with Crippen molar-refractivity contribution in [2.45, 2.75) is 17.2 Å². The highest BCUT2D eigenvalue weighted by Crippen LogP contribution is 2.24. The van der Waals surface area contributed by atoms with Crippen LogP contribution in [-0.4, -0.2) is 30.7 Å². The zero-order chi connectivity index (χ0) is 16.2. The highest BCUT2D eigenvalue weighted by Gasteiger charge is 2.17.